The molecule has 0 aliphatic heterocycles. The van der Waals surface area contributed by atoms with Gasteiger partial charge in [-0.15, -0.1) is 0 Å². The fourth-order valence-corrected chi connectivity index (χ4v) is 4.80. The molecule has 0 spiro atoms. The Morgan fingerprint density at radius 2 is 1.94 bits per heavy atom. The molecule has 0 radical (unpaired) electrons. The maximum Gasteiger partial charge on any atom is 0.220 e. The number of aryl methyl sites for hydroxylation is 4. The van der Waals surface area contributed by atoms with Crippen LogP contribution in [0.2, 0.25) is 0 Å². The Labute approximate surface area is 196 Å². The van der Waals surface area contributed by atoms with Crippen LogP contribution in [0.15, 0.2) is 36.7 Å². The van der Waals surface area contributed by atoms with Crippen LogP contribution in [0.25, 0.3) is 11.3 Å². The van der Waals surface area contributed by atoms with Crippen molar-refractivity contribution in [1.29, 1.82) is 0 Å². The second-order valence-corrected chi connectivity index (χ2v) is 9.21. The topological polar surface area (TPSA) is 85.6 Å². The van der Waals surface area contributed by atoms with Gasteiger partial charge in [0.25, 0.3) is 0 Å². The van der Waals surface area contributed by atoms with E-state index in [9.17, 15) is 4.79 Å². The summed E-state index contributed by atoms with van der Waals surface area (Å²) >= 11 is 0. The number of rotatable bonds is 8. The molecule has 1 saturated carbocycles. The summed E-state index contributed by atoms with van der Waals surface area (Å²) in [5.41, 5.74) is 5.27. The molecule has 0 saturated heterocycles. The Morgan fingerprint density at radius 3 is 2.64 bits per heavy atom. The van der Waals surface area contributed by atoms with Crippen LogP contribution < -0.4 is 5.32 Å². The first-order valence-corrected chi connectivity index (χ1v) is 12.0. The molecule has 7 nitrogen and oxygen atoms in total. The van der Waals surface area contributed by atoms with Crippen molar-refractivity contribution < 1.29 is 4.79 Å². The number of carbonyl (C=O) groups is 1. The molecule has 1 fully saturated rings. The minimum Gasteiger partial charge on any atom is -0.356 e. The van der Waals surface area contributed by atoms with Gasteiger partial charge in [-0.25, -0.2) is 9.97 Å². The molecule has 0 bridgehead atoms. The summed E-state index contributed by atoms with van der Waals surface area (Å²) in [5, 5.41) is 7.62. The number of nitrogens with zero attached hydrogens (tertiary/aromatic N) is 5. The van der Waals surface area contributed by atoms with Crippen molar-refractivity contribution in [2.75, 3.05) is 6.54 Å². The Bertz CT molecular complexity index is 1070. The average Bonchev–Trinajstić information content (AvgIpc) is 3.15. The highest BCUT2D eigenvalue weighted by molar-refractivity contribution is 5.75. The van der Waals surface area contributed by atoms with Gasteiger partial charge in [-0.1, -0.05) is 6.07 Å². The molecule has 33 heavy (non-hydrogen) atoms. The predicted molar refractivity (Wildman–Crippen MR) is 129 cm³/mol. The van der Waals surface area contributed by atoms with Crippen molar-refractivity contribution in [3.05, 3.63) is 59.6 Å². The number of hydrogen-bond donors (Lipinski definition) is 1. The number of amides is 1. The molecule has 1 N–H and O–H groups in total. The molecule has 0 aromatic carbocycles. The first kappa shape index (κ1) is 23.1. The van der Waals surface area contributed by atoms with Crippen LogP contribution in [0, 0.1) is 26.7 Å². The van der Waals surface area contributed by atoms with E-state index in [2.05, 4.69) is 33.4 Å². The Morgan fingerprint density at radius 1 is 1.12 bits per heavy atom. The summed E-state index contributed by atoms with van der Waals surface area (Å²) in [6, 6.07) is 8.02. The molecule has 4 rings (SSSR count). The van der Waals surface area contributed by atoms with Crippen molar-refractivity contribution in [2.45, 2.75) is 71.8 Å². The standard InChI is InChI=1S/C26H34N6O/c1-18-15-19(2)32(31-18)14-6-8-25(33)29-16-21-9-11-22(12-10-21)26-23(17-28-20(3)30-26)24-7-4-5-13-27-24/h4-5,7,13,15,17,21-22H,6,8-12,14,16H2,1-3H3,(H,29,33). The van der Waals surface area contributed by atoms with Crippen LogP contribution in [-0.4, -0.2) is 37.2 Å². The maximum absolute atomic E-state index is 12.3. The molecule has 1 amide bonds. The van der Waals surface area contributed by atoms with Gasteiger partial charge < -0.3 is 5.32 Å². The zero-order valence-corrected chi connectivity index (χ0v) is 19.9. The predicted octanol–water partition coefficient (Wildman–Crippen LogP) is 4.53. The molecular weight excluding hydrogens is 412 g/mol. The average molecular weight is 447 g/mol. The lowest BCUT2D eigenvalue weighted by molar-refractivity contribution is -0.121. The lowest BCUT2D eigenvalue weighted by atomic mass is 9.79. The minimum atomic E-state index is 0.141. The molecular formula is C26H34N6O. The Hall–Kier alpha value is -3.09. The third-order valence-corrected chi connectivity index (χ3v) is 6.58. The van der Waals surface area contributed by atoms with Gasteiger partial charge in [-0.05, 0) is 77.0 Å². The largest absolute Gasteiger partial charge is 0.356 e. The van der Waals surface area contributed by atoms with Crippen molar-refractivity contribution in [1.82, 2.24) is 30.0 Å². The minimum absolute atomic E-state index is 0.141. The molecule has 3 heterocycles. The fourth-order valence-electron chi connectivity index (χ4n) is 4.80. The summed E-state index contributed by atoms with van der Waals surface area (Å²) in [7, 11) is 0. The van der Waals surface area contributed by atoms with E-state index >= 15 is 0 Å². The van der Waals surface area contributed by atoms with Gasteiger partial charge in [0.2, 0.25) is 5.91 Å². The van der Waals surface area contributed by atoms with E-state index in [1.807, 2.05) is 49.1 Å². The molecule has 1 aliphatic carbocycles. The van der Waals surface area contributed by atoms with Gasteiger partial charge in [-0.2, -0.15) is 5.10 Å². The van der Waals surface area contributed by atoms with Gasteiger partial charge in [0, 0.05) is 49.1 Å². The van der Waals surface area contributed by atoms with Crippen LogP contribution in [-0.2, 0) is 11.3 Å². The summed E-state index contributed by atoms with van der Waals surface area (Å²) < 4.78 is 1.98. The number of aromatic nitrogens is 5. The van der Waals surface area contributed by atoms with Gasteiger partial charge in [-0.3, -0.25) is 14.5 Å². The van der Waals surface area contributed by atoms with Gasteiger partial charge >= 0.3 is 0 Å². The summed E-state index contributed by atoms with van der Waals surface area (Å²) in [6.07, 6.45) is 9.44. The summed E-state index contributed by atoms with van der Waals surface area (Å²) in [5.74, 6) is 1.89. The quantitative estimate of drug-likeness (QED) is 0.549. The highest BCUT2D eigenvalue weighted by atomic mass is 16.1. The molecule has 0 atom stereocenters. The van der Waals surface area contributed by atoms with Gasteiger partial charge in [0.1, 0.15) is 5.82 Å². The van der Waals surface area contributed by atoms with E-state index < -0.39 is 0 Å². The van der Waals surface area contributed by atoms with E-state index in [0.29, 0.717) is 18.3 Å². The first-order valence-electron chi connectivity index (χ1n) is 12.0. The molecule has 1 aliphatic rings. The lowest BCUT2D eigenvalue weighted by Gasteiger charge is -2.29. The second-order valence-electron chi connectivity index (χ2n) is 9.21. The van der Waals surface area contributed by atoms with E-state index in [1.54, 1.807) is 0 Å². The zero-order valence-electron chi connectivity index (χ0n) is 19.9. The van der Waals surface area contributed by atoms with Crippen LogP contribution in [0.4, 0.5) is 0 Å². The fraction of sp³-hybridized carbons (Fsp3) is 0.500. The SMILES string of the molecule is Cc1cc(C)n(CCCC(=O)NCC2CCC(c3nc(C)ncc3-c3ccccn3)CC2)n1. The highest BCUT2D eigenvalue weighted by Crippen LogP contribution is 2.38. The van der Waals surface area contributed by atoms with E-state index in [-0.39, 0.29) is 5.91 Å². The van der Waals surface area contributed by atoms with Crippen molar-refractivity contribution >= 4 is 5.91 Å². The highest BCUT2D eigenvalue weighted by Gasteiger charge is 2.26. The third kappa shape index (κ3) is 6.03. The van der Waals surface area contributed by atoms with E-state index in [1.165, 1.54) is 0 Å². The van der Waals surface area contributed by atoms with Crippen LogP contribution >= 0.6 is 0 Å². The van der Waals surface area contributed by atoms with Crippen LogP contribution in [0.3, 0.4) is 0 Å². The summed E-state index contributed by atoms with van der Waals surface area (Å²) in [4.78, 5) is 26.1. The molecule has 0 unspecified atom stereocenters. The van der Waals surface area contributed by atoms with Crippen LogP contribution in [0.5, 0.6) is 0 Å². The van der Waals surface area contributed by atoms with Crippen molar-refractivity contribution in [3.63, 3.8) is 0 Å². The monoisotopic (exact) mass is 446 g/mol. The van der Waals surface area contributed by atoms with Crippen LogP contribution in [0.1, 0.15) is 67.3 Å². The Balaban J connectivity index is 1.25. The number of nitrogens with one attached hydrogen (secondary N) is 1. The summed E-state index contributed by atoms with van der Waals surface area (Å²) in [6.45, 7) is 7.55. The van der Waals surface area contributed by atoms with Crippen molar-refractivity contribution in [2.24, 2.45) is 5.92 Å². The van der Waals surface area contributed by atoms with Crippen molar-refractivity contribution in [3.8, 4) is 11.3 Å². The molecule has 7 heteroatoms. The second kappa shape index (κ2) is 10.7. The third-order valence-electron chi connectivity index (χ3n) is 6.58. The normalized spacial score (nSPS) is 18.3. The molecule has 3 aromatic heterocycles. The molecule has 174 valence electrons. The first-order chi connectivity index (χ1) is 16.0. The van der Waals surface area contributed by atoms with Gasteiger partial charge in [0.15, 0.2) is 0 Å². The maximum atomic E-state index is 12.3. The van der Waals surface area contributed by atoms with E-state index in [4.69, 9.17) is 4.98 Å². The zero-order chi connectivity index (χ0) is 23.2. The number of pyridine rings is 1. The van der Waals surface area contributed by atoms with Gasteiger partial charge in [0.05, 0.1) is 17.1 Å². The smallest absolute Gasteiger partial charge is 0.220 e. The molecule has 3 aromatic rings. The number of carbonyl (C=O) groups excluding carboxylic acids is 1. The number of hydrogen-bond acceptors (Lipinski definition) is 5. The lowest BCUT2D eigenvalue weighted by Crippen LogP contribution is -2.31. The van der Waals surface area contributed by atoms with E-state index in [0.717, 1.165) is 79.4 Å². The Kier molecular flexibility index (Phi) is 7.47.